The van der Waals surface area contributed by atoms with Gasteiger partial charge in [0.05, 0.1) is 18.2 Å². The van der Waals surface area contributed by atoms with E-state index >= 15 is 0 Å². The van der Waals surface area contributed by atoms with E-state index in [1.165, 1.54) is 0 Å². The monoisotopic (exact) mass is 428 g/mol. The number of rotatable bonds is 5. The Labute approximate surface area is 183 Å². The molecule has 2 fully saturated rings. The van der Waals surface area contributed by atoms with Gasteiger partial charge in [-0.15, -0.1) is 0 Å². The van der Waals surface area contributed by atoms with Crippen molar-refractivity contribution in [3.8, 4) is 5.75 Å². The number of methoxy groups -OCH3 is 1. The Morgan fingerprint density at radius 3 is 2.77 bits per heavy atom. The maximum absolute atomic E-state index is 13.6. The van der Waals surface area contributed by atoms with Crippen LogP contribution in [0.25, 0.3) is 0 Å². The third-order valence-corrected chi connectivity index (χ3v) is 6.58. The molecule has 2 heterocycles. The summed E-state index contributed by atoms with van der Waals surface area (Å²) >= 11 is 6.26. The van der Waals surface area contributed by atoms with Crippen LogP contribution in [-0.4, -0.2) is 45.4 Å². The van der Waals surface area contributed by atoms with E-state index in [2.05, 4.69) is 16.3 Å². The fraction of sp³-hybridized carbons (Fsp3) is 0.458. The molecule has 1 atom stereocenters. The van der Waals surface area contributed by atoms with Gasteiger partial charge in [0.25, 0.3) is 0 Å². The van der Waals surface area contributed by atoms with E-state index in [1.54, 1.807) is 7.11 Å². The van der Waals surface area contributed by atoms with Gasteiger partial charge in [-0.2, -0.15) is 0 Å². The molecule has 30 heavy (non-hydrogen) atoms. The number of nitrogens with one attached hydrogen (secondary N) is 1. The summed E-state index contributed by atoms with van der Waals surface area (Å²) in [5.41, 5.74) is 1.47. The van der Waals surface area contributed by atoms with Gasteiger partial charge in [0.15, 0.2) is 0 Å². The number of nitrogens with zero attached hydrogens (tertiary/aromatic N) is 1. The molecule has 2 saturated heterocycles. The van der Waals surface area contributed by atoms with Crippen molar-refractivity contribution < 1.29 is 14.3 Å². The lowest BCUT2D eigenvalue weighted by atomic mass is 9.73. The molecule has 2 aromatic carbocycles. The minimum atomic E-state index is -0.587. The number of carbonyl (C=O) groups is 1. The Hall–Kier alpha value is -2.24. The van der Waals surface area contributed by atoms with Crippen LogP contribution in [-0.2, 0) is 14.9 Å². The Kier molecular flexibility index (Phi) is 6.49. The van der Waals surface area contributed by atoms with Crippen molar-refractivity contribution in [2.75, 3.05) is 38.3 Å². The maximum Gasteiger partial charge on any atom is 0.231 e. The highest BCUT2D eigenvalue weighted by atomic mass is 35.5. The van der Waals surface area contributed by atoms with Crippen LogP contribution in [0.2, 0.25) is 5.02 Å². The van der Waals surface area contributed by atoms with Gasteiger partial charge in [-0.3, -0.25) is 4.79 Å². The van der Waals surface area contributed by atoms with Gasteiger partial charge in [0, 0.05) is 37.4 Å². The van der Waals surface area contributed by atoms with E-state index in [9.17, 15) is 4.79 Å². The highest BCUT2D eigenvalue weighted by molar-refractivity contribution is 6.30. The van der Waals surface area contributed by atoms with Gasteiger partial charge in [0.1, 0.15) is 5.75 Å². The molecule has 1 unspecified atom stereocenters. The van der Waals surface area contributed by atoms with Crippen molar-refractivity contribution in [1.29, 1.82) is 0 Å². The molecule has 2 aliphatic heterocycles. The molecule has 2 aliphatic rings. The summed E-state index contributed by atoms with van der Waals surface area (Å²) < 4.78 is 11.1. The number of hydrogen-bond acceptors (Lipinski definition) is 4. The van der Waals surface area contributed by atoms with Crippen molar-refractivity contribution in [1.82, 2.24) is 5.32 Å². The summed E-state index contributed by atoms with van der Waals surface area (Å²) in [5.74, 6) is 0.948. The van der Waals surface area contributed by atoms with Crippen LogP contribution in [0, 0.1) is 0 Å². The van der Waals surface area contributed by atoms with Gasteiger partial charge >= 0.3 is 0 Å². The van der Waals surface area contributed by atoms with Gasteiger partial charge in [0.2, 0.25) is 5.91 Å². The lowest BCUT2D eigenvalue weighted by Gasteiger charge is -2.40. The zero-order chi connectivity index (χ0) is 21.0. The second-order valence-corrected chi connectivity index (χ2v) is 8.57. The van der Waals surface area contributed by atoms with E-state index in [4.69, 9.17) is 21.1 Å². The lowest BCUT2D eigenvalue weighted by molar-refractivity contribution is -0.131. The summed E-state index contributed by atoms with van der Waals surface area (Å²) in [4.78, 5) is 15.9. The fourth-order valence-corrected chi connectivity index (χ4v) is 4.87. The van der Waals surface area contributed by atoms with Crippen molar-refractivity contribution in [2.45, 2.75) is 37.1 Å². The second kappa shape index (κ2) is 9.27. The van der Waals surface area contributed by atoms with Crippen LogP contribution in [0.1, 0.15) is 31.2 Å². The first-order chi connectivity index (χ1) is 14.6. The fourth-order valence-electron chi connectivity index (χ4n) is 4.68. The number of piperidine rings is 1. The Balaban J connectivity index is 1.52. The molecular formula is C24H29ClN2O3. The number of ether oxygens (including phenoxy) is 2. The molecule has 1 amide bonds. The van der Waals surface area contributed by atoms with E-state index in [1.807, 2.05) is 42.5 Å². The molecule has 6 heteroatoms. The first kappa shape index (κ1) is 21.0. The summed E-state index contributed by atoms with van der Waals surface area (Å²) in [6.07, 6.45) is 3.33. The normalized spacial score (nSPS) is 21.1. The number of anilines is 1. The van der Waals surface area contributed by atoms with E-state index < -0.39 is 5.41 Å². The Morgan fingerprint density at radius 2 is 2.00 bits per heavy atom. The molecule has 0 aliphatic carbocycles. The second-order valence-electron chi connectivity index (χ2n) is 8.14. The molecule has 0 saturated carbocycles. The Bertz CT molecular complexity index is 882. The van der Waals surface area contributed by atoms with Crippen molar-refractivity contribution in [3.05, 3.63) is 59.1 Å². The summed E-state index contributed by atoms with van der Waals surface area (Å²) in [6.45, 7) is 2.89. The highest BCUT2D eigenvalue weighted by Crippen LogP contribution is 2.37. The molecule has 160 valence electrons. The van der Waals surface area contributed by atoms with Crippen LogP contribution >= 0.6 is 11.6 Å². The van der Waals surface area contributed by atoms with Crippen LogP contribution in [0.4, 0.5) is 5.69 Å². The molecular weight excluding hydrogens is 400 g/mol. The number of halogens is 1. The molecule has 0 aromatic heterocycles. The quantitative estimate of drug-likeness (QED) is 0.776. The van der Waals surface area contributed by atoms with Crippen LogP contribution in [0.15, 0.2) is 48.5 Å². The Morgan fingerprint density at radius 1 is 1.20 bits per heavy atom. The predicted octanol–water partition coefficient (Wildman–Crippen LogP) is 4.18. The minimum absolute atomic E-state index is 0.0833. The molecule has 0 spiro atoms. The number of amides is 1. The van der Waals surface area contributed by atoms with Gasteiger partial charge in [-0.05, 0) is 55.5 Å². The molecule has 0 bridgehead atoms. The predicted molar refractivity (Wildman–Crippen MR) is 120 cm³/mol. The van der Waals surface area contributed by atoms with Crippen molar-refractivity contribution in [3.63, 3.8) is 0 Å². The average Bonchev–Trinajstić information content (AvgIpc) is 2.79. The van der Waals surface area contributed by atoms with Crippen LogP contribution < -0.4 is 15.0 Å². The standard InChI is InChI=1S/C24H29ClN2O3/c1-29-22-10-3-2-9-21(22)27-13-5-8-20(17-27)26-23(28)24(11-14-30-15-12-24)18-6-4-7-19(25)16-18/h2-4,6-7,9-10,16,20H,5,8,11-15,17H2,1H3,(H,26,28). The summed E-state index contributed by atoms with van der Waals surface area (Å²) in [7, 11) is 1.70. The minimum Gasteiger partial charge on any atom is -0.495 e. The van der Waals surface area contributed by atoms with Crippen LogP contribution in [0.3, 0.4) is 0 Å². The topological polar surface area (TPSA) is 50.8 Å². The largest absolute Gasteiger partial charge is 0.495 e. The van der Waals surface area contributed by atoms with Crippen LogP contribution in [0.5, 0.6) is 5.75 Å². The van der Waals surface area contributed by atoms with E-state index in [0.717, 1.165) is 42.9 Å². The van der Waals surface area contributed by atoms with Gasteiger partial charge in [-0.1, -0.05) is 35.9 Å². The maximum atomic E-state index is 13.6. The third-order valence-electron chi connectivity index (χ3n) is 6.34. The highest BCUT2D eigenvalue weighted by Gasteiger charge is 2.42. The first-order valence-corrected chi connectivity index (χ1v) is 11.0. The van der Waals surface area contributed by atoms with E-state index in [-0.39, 0.29) is 11.9 Å². The van der Waals surface area contributed by atoms with Crippen molar-refractivity contribution in [2.24, 2.45) is 0 Å². The molecule has 2 aromatic rings. The van der Waals surface area contributed by atoms with Gasteiger partial charge in [-0.25, -0.2) is 0 Å². The molecule has 5 nitrogen and oxygen atoms in total. The summed E-state index contributed by atoms with van der Waals surface area (Å²) in [6, 6.07) is 15.9. The average molecular weight is 429 g/mol. The zero-order valence-electron chi connectivity index (χ0n) is 17.4. The number of carbonyl (C=O) groups excluding carboxylic acids is 1. The molecule has 0 radical (unpaired) electrons. The molecule has 4 rings (SSSR count). The SMILES string of the molecule is COc1ccccc1N1CCCC(NC(=O)C2(c3cccc(Cl)c3)CCOCC2)C1. The molecule has 1 N–H and O–H groups in total. The van der Waals surface area contributed by atoms with Gasteiger partial charge < -0.3 is 19.7 Å². The first-order valence-electron chi connectivity index (χ1n) is 10.6. The number of benzene rings is 2. The third kappa shape index (κ3) is 4.28. The van der Waals surface area contributed by atoms with Crippen molar-refractivity contribution >= 4 is 23.2 Å². The number of hydrogen-bond donors (Lipinski definition) is 1. The lowest BCUT2D eigenvalue weighted by Crippen LogP contribution is -2.55. The zero-order valence-corrected chi connectivity index (χ0v) is 18.2. The summed E-state index contributed by atoms with van der Waals surface area (Å²) in [5, 5.41) is 4.02. The van der Waals surface area contributed by atoms with E-state index in [0.29, 0.717) is 31.1 Å². The number of para-hydroxylation sites is 2. The smallest absolute Gasteiger partial charge is 0.231 e.